The Morgan fingerprint density at radius 1 is 1.42 bits per heavy atom. The van der Waals surface area contributed by atoms with Crippen LogP contribution in [0, 0.1) is 17.2 Å². The van der Waals surface area contributed by atoms with Gasteiger partial charge in [0.25, 0.3) is 0 Å². The maximum absolute atomic E-state index is 11.3. The van der Waals surface area contributed by atoms with Gasteiger partial charge in [-0.1, -0.05) is 19.3 Å². The maximum atomic E-state index is 11.3. The Kier molecular flexibility index (Phi) is 4.29. The second-order valence-electron chi connectivity index (χ2n) is 4.74. The Hall–Kier alpha value is -2.16. The van der Waals surface area contributed by atoms with E-state index in [0.29, 0.717) is 17.8 Å². The Morgan fingerprint density at radius 3 is 2.95 bits per heavy atom. The van der Waals surface area contributed by atoms with Gasteiger partial charge in [-0.05, 0) is 18.9 Å². The molecule has 1 heterocycles. The van der Waals surface area contributed by atoms with Crippen molar-refractivity contribution in [2.24, 2.45) is 5.92 Å². The predicted molar refractivity (Wildman–Crippen MR) is 68.4 cm³/mol. The summed E-state index contributed by atoms with van der Waals surface area (Å²) in [4.78, 5) is 11.3. The highest BCUT2D eigenvalue weighted by Crippen LogP contribution is 2.26. The average molecular weight is 260 g/mol. The quantitative estimate of drug-likeness (QED) is 0.804. The van der Waals surface area contributed by atoms with E-state index < -0.39 is 11.9 Å². The van der Waals surface area contributed by atoms with Crippen molar-refractivity contribution in [1.82, 2.24) is 10.2 Å². The van der Waals surface area contributed by atoms with Gasteiger partial charge in [0.05, 0.1) is 17.7 Å². The first-order valence-corrected chi connectivity index (χ1v) is 6.43. The molecule has 2 N–H and O–H groups in total. The Labute approximate surface area is 111 Å². The van der Waals surface area contributed by atoms with Gasteiger partial charge in [-0.2, -0.15) is 10.4 Å². The summed E-state index contributed by atoms with van der Waals surface area (Å²) in [6.45, 7) is 0. The zero-order valence-corrected chi connectivity index (χ0v) is 10.5. The molecule has 0 radical (unpaired) electrons. The second-order valence-corrected chi connectivity index (χ2v) is 4.74. The molecule has 0 spiro atoms. The first-order valence-electron chi connectivity index (χ1n) is 6.43. The lowest BCUT2D eigenvalue weighted by Gasteiger charge is -2.23. The van der Waals surface area contributed by atoms with Crippen LogP contribution in [0.25, 0.3) is 0 Å². The summed E-state index contributed by atoms with van der Waals surface area (Å²) in [5.74, 6) is -0.846. The molecule has 0 bridgehead atoms. The van der Waals surface area contributed by atoms with Gasteiger partial charge in [-0.15, -0.1) is 5.10 Å². The number of carboxylic acids is 1. The number of hydrogen-bond donors (Lipinski definition) is 2. The largest absolute Gasteiger partial charge is 0.481 e. The highest BCUT2D eigenvalue weighted by atomic mass is 16.4. The summed E-state index contributed by atoms with van der Waals surface area (Å²) < 4.78 is 0. The molecule has 0 aromatic carbocycles. The number of nitrogens with one attached hydrogen (secondary N) is 1. The molecule has 100 valence electrons. The van der Waals surface area contributed by atoms with Crippen molar-refractivity contribution in [3.63, 3.8) is 0 Å². The molecule has 2 rings (SSSR count). The lowest BCUT2D eigenvalue weighted by atomic mass is 9.95. The summed E-state index contributed by atoms with van der Waals surface area (Å²) in [6, 6.07) is 3.41. The topological polar surface area (TPSA) is 98.9 Å². The fourth-order valence-corrected chi connectivity index (χ4v) is 2.48. The molecule has 0 aliphatic heterocycles. The molecule has 0 amide bonds. The summed E-state index contributed by atoms with van der Waals surface area (Å²) in [5.41, 5.74) is 0.392. The van der Waals surface area contributed by atoms with Gasteiger partial charge in [0.2, 0.25) is 0 Å². The third-order valence-corrected chi connectivity index (χ3v) is 3.50. The van der Waals surface area contributed by atoms with Gasteiger partial charge in [0.1, 0.15) is 6.07 Å². The van der Waals surface area contributed by atoms with E-state index in [-0.39, 0.29) is 6.04 Å². The third-order valence-electron chi connectivity index (χ3n) is 3.50. The van der Waals surface area contributed by atoms with Crippen molar-refractivity contribution < 1.29 is 9.90 Å². The molecule has 1 fully saturated rings. The van der Waals surface area contributed by atoms with Crippen LogP contribution < -0.4 is 5.32 Å². The van der Waals surface area contributed by atoms with Crippen LogP contribution in [0.3, 0.4) is 0 Å². The van der Waals surface area contributed by atoms with Gasteiger partial charge >= 0.3 is 5.97 Å². The summed E-state index contributed by atoms with van der Waals surface area (Å²) in [5, 5.41) is 29.0. The van der Waals surface area contributed by atoms with E-state index in [0.717, 1.165) is 25.7 Å². The van der Waals surface area contributed by atoms with Crippen LogP contribution in [0.4, 0.5) is 5.82 Å². The molecule has 1 aliphatic carbocycles. The number of nitrogens with zero attached hydrogens (tertiary/aromatic N) is 3. The number of anilines is 1. The lowest BCUT2D eigenvalue weighted by Crippen LogP contribution is -2.34. The SMILES string of the molecule is N#Cc1ccnnc1NC1CCCCCC1C(=O)O. The van der Waals surface area contributed by atoms with Crippen molar-refractivity contribution in [2.75, 3.05) is 5.32 Å². The smallest absolute Gasteiger partial charge is 0.308 e. The maximum Gasteiger partial charge on any atom is 0.308 e. The normalized spacial score (nSPS) is 23.1. The van der Waals surface area contributed by atoms with Crippen molar-refractivity contribution in [1.29, 1.82) is 5.26 Å². The Bertz CT molecular complexity index is 498. The van der Waals surface area contributed by atoms with Gasteiger partial charge in [-0.3, -0.25) is 4.79 Å². The van der Waals surface area contributed by atoms with Gasteiger partial charge < -0.3 is 10.4 Å². The van der Waals surface area contributed by atoms with E-state index in [1.54, 1.807) is 6.07 Å². The molecule has 1 aromatic rings. The molecule has 1 aliphatic rings. The van der Waals surface area contributed by atoms with E-state index in [1.807, 2.05) is 6.07 Å². The van der Waals surface area contributed by atoms with Gasteiger partial charge in [0, 0.05) is 6.04 Å². The average Bonchev–Trinajstić information content (AvgIpc) is 2.65. The minimum Gasteiger partial charge on any atom is -0.481 e. The predicted octanol–water partition coefficient (Wildman–Crippen LogP) is 1.79. The zero-order valence-electron chi connectivity index (χ0n) is 10.5. The molecule has 6 heteroatoms. The van der Waals surface area contributed by atoms with Crippen molar-refractivity contribution in [3.05, 3.63) is 17.8 Å². The number of rotatable bonds is 3. The molecule has 2 unspecified atom stereocenters. The van der Waals surface area contributed by atoms with Gasteiger partial charge in [-0.25, -0.2) is 0 Å². The van der Waals surface area contributed by atoms with E-state index in [9.17, 15) is 9.90 Å². The first-order chi connectivity index (χ1) is 9.22. The van der Waals surface area contributed by atoms with Crippen LogP contribution in [0.15, 0.2) is 12.3 Å². The molecule has 1 saturated carbocycles. The number of aliphatic carboxylic acids is 1. The van der Waals surface area contributed by atoms with Crippen LogP contribution in [0.2, 0.25) is 0 Å². The number of carboxylic acid groups (broad SMARTS) is 1. The standard InChI is InChI=1S/C13H16N4O2/c14-8-9-6-7-15-17-12(9)16-11-5-3-1-2-4-10(11)13(18)19/h6-7,10-11H,1-5H2,(H,16,17)(H,18,19). The van der Waals surface area contributed by atoms with Crippen molar-refractivity contribution >= 4 is 11.8 Å². The van der Waals surface area contributed by atoms with Crippen LogP contribution >= 0.6 is 0 Å². The van der Waals surface area contributed by atoms with E-state index in [2.05, 4.69) is 15.5 Å². The third kappa shape index (κ3) is 3.19. The summed E-state index contributed by atoms with van der Waals surface area (Å²) >= 11 is 0. The molecule has 6 nitrogen and oxygen atoms in total. The number of hydrogen-bond acceptors (Lipinski definition) is 5. The fraction of sp³-hybridized carbons (Fsp3) is 0.538. The minimum atomic E-state index is -0.790. The van der Waals surface area contributed by atoms with Crippen LogP contribution in [-0.2, 0) is 4.79 Å². The first kappa shape index (κ1) is 13.3. The van der Waals surface area contributed by atoms with E-state index in [1.165, 1.54) is 6.20 Å². The van der Waals surface area contributed by atoms with Crippen LogP contribution in [0.1, 0.15) is 37.7 Å². The molecule has 2 atom stereocenters. The summed E-state index contributed by atoms with van der Waals surface area (Å²) in [7, 11) is 0. The van der Waals surface area contributed by atoms with E-state index >= 15 is 0 Å². The van der Waals surface area contributed by atoms with Crippen molar-refractivity contribution in [3.8, 4) is 6.07 Å². The second kappa shape index (κ2) is 6.14. The number of carbonyl (C=O) groups is 1. The number of aromatic nitrogens is 2. The van der Waals surface area contributed by atoms with Gasteiger partial charge in [0.15, 0.2) is 5.82 Å². The number of nitriles is 1. The lowest BCUT2D eigenvalue weighted by molar-refractivity contribution is -0.142. The van der Waals surface area contributed by atoms with E-state index in [4.69, 9.17) is 5.26 Å². The fourth-order valence-electron chi connectivity index (χ4n) is 2.48. The van der Waals surface area contributed by atoms with Crippen LogP contribution in [0.5, 0.6) is 0 Å². The van der Waals surface area contributed by atoms with Crippen molar-refractivity contribution in [2.45, 2.75) is 38.1 Å². The molecule has 1 aromatic heterocycles. The summed E-state index contributed by atoms with van der Waals surface area (Å²) in [6.07, 6.45) is 5.86. The molecular formula is C13H16N4O2. The Balaban J connectivity index is 2.19. The molecular weight excluding hydrogens is 244 g/mol. The highest BCUT2D eigenvalue weighted by molar-refractivity contribution is 5.71. The minimum absolute atomic E-state index is 0.191. The zero-order chi connectivity index (χ0) is 13.7. The molecule has 19 heavy (non-hydrogen) atoms. The molecule has 0 saturated heterocycles. The highest BCUT2D eigenvalue weighted by Gasteiger charge is 2.30. The van der Waals surface area contributed by atoms with Crippen LogP contribution in [-0.4, -0.2) is 27.3 Å². The monoisotopic (exact) mass is 260 g/mol. The Morgan fingerprint density at radius 2 is 2.21 bits per heavy atom.